The molecule has 0 amide bonds. The van der Waals surface area contributed by atoms with Crippen LogP contribution in [-0.2, 0) is 0 Å². The van der Waals surface area contributed by atoms with Crippen LogP contribution in [-0.4, -0.2) is 43.9 Å². The number of rotatable bonds is 3. The number of halogens is 4. The molecule has 0 aliphatic carbocycles. The molecule has 1 saturated heterocycles. The van der Waals surface area contributed by atoms with Gasteiger partial charge in [0.2, 0.25) is 0 Å². The van der Waals surface area contributed by atoms with Crippen molar-refractivity contribution in [2.45, 2.75) is 19.5 Å². The van der Waals surface area contributed by atoms with Gasteiger partial charge in [-0.05, 0) is 19.1 Å². The number of hydrogen-bond donors (Lipinski definition) is 1. The molecule has 32 heavy (non-hydrogen) atoms. The van der Waals surface area contributed by atoms with E-state index in [4.69, 9.17) is 11.6 Å². The summed E-state index contributed by atoms with van der Waals surface area (Å²) in [6.07, 6.45) is -2.16. The monoisotopic (exact) mass is 458 g/mol. The Labute approximate surface area is 184 Å². The number of pyridine rings is 1. The zero-order valence-electron chi connectivity index (χ0n) is 16.5. The number of benzene rings is 1. The van der Waals surface area contributed by atoms with Crippen LogP contribution in [0.1, 0.15) is 23.4 Å². The Hall–Kier alpha value is -3.42. The highest BCUT2D eigenvalue weighted by atomic mass is 35.5. The van der Waals surface area contributed by atoms with E-state index in [0.717, 1.165) is 0 Å². The van der Waals surface area contributed by atoms with Crippen molar-refractivity contribution >= 4 is 33.8 Å². The average molecular weight is 459 g/mol. The number of aliphatic hydroxyl groups is 1. The van der Waals surface area contributed by atoms with E-state index in [-0.39, 0.29) is 34.7 Å². The molecule has 1 fully saturated rings. The molecule has 4 heterocycles. The highest BCUT2D eigenvalue weighted by Crippen LogP contribution is 2.40. The highest BCUT2D eigenvalue weighted by Gasteiger charge is 2.34. The second-order valence-electron chi connectivity index (χ2n) is 7.48. The summed E-state index contributed by atoms with van der Waals surface area (Å²) in [7, 11) is 0. The predicted octanol–water partition coefficient (Wildman–Crippen LogP) is 4.04. The molecule has 0 unspecified atom stereocenters. The van der Waals surface area contributed by atoms with Gasteiger partial charge in [-0.1, -0.05) is 17.7 Å². The van der Waals surface area contributed by atoms with Crippen molar-refractivity contribution in [3.05, 3.63) is 52.2 Å². The Kier molecular flexibility index (Phi) is 4.69. The second-order valence-corrected chi connectivity index (χ2v) is 7.89. The summed E-state index contributed by atoms with van der Waals surface area (Å²) < 4.78 is 43.0. The molecule has 0 atom stereocenters. The molecule has 1 aliphatic heterocycles. The fourth-order valence-corrected chi connectivity index (χ4v) is 4.17. The smallest absolute Gasteiger partial charge is 0.283 e. The maximum absolute atomic E-state index is 14.7. The number of aromatic nitrogens is 4. The minimum atomic E-state index is -2.98. The number of fused-ring (bicyclic) bond motifs is 2. The number of hydrogen-bond acceptors (Lipinski definition) is 6. The summed E-state index contributed by atoms with van der Waals surface area (Å²) in [6.45, 7) is 2.10. The molecular formula is C21H14ClF3N6O. The van der Waals surface area contributed by atoms with Gasteiger partial charge in [-0.25, -0.2) is 18.2 Å². The van der Waals surface area contributed by atoms with Crippen LogP contribution in [0.2, 0.25) is 5.02 Å². The van der Waals surface area contributed by atoms with Crippen molar-refractivity contribution in [1.82, 2.24) is 19.6 Å². The number of aryl methyl sites for hydroxylation is 1. The number of anilines is 1. The lowest BCUT2D eigenvalue weighted by atomic mass is 10.0. The van der Waals surface area contributed by atoms with E-state index in [0.29, 0.717) is 28.2 Å². The Morgan fingerprint density at radius 2 is 2.00 bits per heavy atom. The molecule has 3 aromatic heterocycles. The molecule has 5 rings (SSSR count). The first-order chi connectivity index (χ1) is 15.3. The number of nitriles is 1. The number of aliphatic hydroxyl groups excluding tert-OH is 1. The van der Waals surface area contributed by atoms with Gasteiger partial charge in [0, 0.05) is 30.1 Å². The summed E-state index contributed by atoms with van der Waals surface area (Å²) in [5, 5.41) is 24.0. The predicted molar refractivity (Wildman–Crippen MR) is 111 cm³/mol. The Morgan fingerprint density at radius 1 is 1.25 bits per heavy atom. The minimum absolute atomic E-state index is 0.0186. The van der Waals surface area contributed by atoms with Crippen molar-refractivity contribution in [2.24, 2.45) is 0 Å². The van der Waals surface area contributed by atoms with Gasteiger partial charge in [0.15, 0.2) is 5.65 Å². The largest absolute Gasteiger partial charge is 0.389 e. The maximum Gasteiger partial charge on any atom is 0.283 e. The fraction of sp³-hybridized carbons (Fsp3) is 0.238. The van der Waals surface area contributed by atoms with Crippen LogP contribution in [0.3, 0.4) is 0 Å². The van der Waals surface area contributed by atoms with E-state index in [1.807, 2.05) is 0 Å². The topological polar surface area (TPSA) is 90.3 Å². The van der Waals surface area contributed by atoms with E-state index in [1.165, 1.54) is 22.8 Å². The number of β-amino-alcohol motifs (C(OH)–C–C–N with tert-alkyl or cyclic N) is 1. The standard InChI is InChI=1S/C21H14ClF3N6O/c1-9-15(17-12-2-3-14(22)16(23)11(12)4-5-27-17)21(30-7-10(32)8-30)31-20(28-9)13(6-26)18(29-31)19(24)25/h2-5,10,19,32H,7-8H2,1H3. The van der Waals surface area contributed by atoms with Gasteiger partial charge in [-0.2, -0.15) is 14.9 Å². The van der Waals surface area contributed by atoms with E-state index in [9.17, 15) is 23.5 Å². The zero-order chi connectivity index (χ0) is 22.7. The van der Waals surface area contributed by atoms with E-state index < -0.39 is 24.0 Å². The molecule has 162 valence electrons. The lowest BCUT2D eigenvalue weighted by Gasteiger charge is -2.39. The Balaban J connectivity index is 1.90. The van der Waals surface area contributed by atoms with Crippen LogP contribution in [0.15, 0.2) is 24.4 Å². The lowest BCUT2D eigenvalue weighted by Crippen LogP contribution is -2.52. The van der Waals surface area contributed by atoms with Gasteiger partial charge in [0.25, 0.3) is 6.43 Å². The molecule has 0 spiro atoms. The zero-order valence-corrected chi connectivity index (χ0v) is 17.3. The van der Waals surface area contributed by atoms with Gasteiger partial charge in [0.1, 0.15) is 29.0 Å². The molecule has 0 saturated carbocycles. The van der Waals surface area contributed by atoms with E-state index in [2.05, 4.69) is 15.1 Å². The van der Waals surface area contributed by atoms with Crippen LogP contribution >= 0.6 is 11.6 Å². The first-order valence-electron chi connectivity index (χ1n) is 9.59. The molecule has 1 aromatic carbocycles. The third-order valence-electron chi connectivity index (χ3n) is 5.50. The van der Waals surface area contributed by atoms with Crippen LogP contribution in [0.5, 0.6) is 0 Å². The highest BCUT2D eigenvalue weighted by molar-refractivity contribution is 6.31. The maximum atomic E-state index is 14.7. The molecule has 11 heteroatoms. The van der Waals surface area contributed by atoms with Crippen molar-refractivity contribution < 1.29 is 18.3 Å². The van der Waals surface area contributed by atoms with Gasteiger partial charge >= 0.3 is 0 Å². The van der Waals surface area contributed by atoms with Gasteiger partial charge in [0.05, 0.1) is 28.1 Å². The van der Waals surface area contributed by atoms with Crippen LogP contribution < -0.4 is 4.90 Å². The summed E-state index contributed by atoms with van der Waals surface area (Å²) in [6, 6.07) is 6.29. The first-order valence-corrected chi connectivity index (χ1v) is 9.97. The molecule has 0 radical (unpaired) electrons. The average Bonchev–Trinajstić information content (AvgIpc) is 3.11. The summed E-state index contributed by atoms with van der Waals surface area (Å²) in [4.78, 5) is 10.6. The third-order valence-corrected chi connectivity index (χ3v) is 5.79. The third kappa shape index (κ3) is 2.89. The quantitative estimate of drug-likeness (QED) is 0.498. The Bertz CT molecular complexity index is 1440. The van der Waals surface area contributed by atoms with Crippen molar-refractivity contribution in [3.8, 4) is 17.3 Å². The van der Waals surface area contributed by atoms with E-state index in [1.54, 1.807) is 24.0 Å². The van der Waals surface area contributed by atoms with E-state index >= 15 is 0 Å². The molecule has 1 N–H and O–H groups in total. The van der Waals surface area contributed by atoms with Crippen LogP contribution in [0, 0.1) is 24.1 Å². The van der Waals surface area contributed by atoms with Gasteiger partial charge in [-0.15, -0.1) is 0 Å². The first kappa shape index (κ1) is 20.5. The van der Waals surface area contributed by atoms with Gasteiger partial charge in [-0.3, -0.25) is 4.98 Å². The number of nitrogens with zero attached hydrogens (tertiary/aromatic N) is 6. The molecule has 7 nitrogen and oxygen atoms in total. The van der Waals surface area contributed by atoms with Gasteiger partial charge < -0.3 is 10.0 Å². The van der Waals surface area contributed by atoms with Crippen molar-refractivity contribution in [2.75, 3.05) is 18.0 Å². The fourth-order valence-electron chi connectivity index (χ4n) is 4.01. The van der Waals surface area contributed by atoms with Crippen LogP contribution in [0.25, 0.3) is 27.7 Å². The van der Waals surface area contributed by atoms with Crippen LogP contribution in [0.4, 0.5) is 19.0 Å². The summed E-state index contributed by atoms with van der Waals surface area (Å²) in [5.74, 6) is -0.261. The summed E-state index contributed by atoms with van der Waals surface area (Å²) >= 11 is 5.93. The normalized spacial score (nSPS) is 14.4. The Morgan fingerprint density at radius 3 is 2.66 bits per heavy atom. The molecule has 0 bridgehead atoms. The summed E-state index contributed by atoms with van der Waals surface area (Å²) in [5.41, 5.74) is 0.165. The lowest BCUT2D eigenvalue weighted by molar-refractivity contribution is 0.140. The SMILES string of the molecule is Cc1nc2c(C#N)c(C(F)F)nn2c(N2CC(O)C2)c1-c1nccc2c(F)c(Cl)ccc12. The molecule has 1 aliphatic rings. The number of alkyl halides is 2. The minimum Gasteiger partial charge on any atom is -0.389 e. The van der Waals surface area contributed by atoms with Crippen molar-refractivity contribution in [3.63, 3.8) is 0 Å². The molecular weight excluding hydrogens is 445 g/mol. The van der Waals surface area contributed by atoms with Crippen molar-refractivity contribution in [1.29, 1.82) is 5.26 Å². The molecule has 4 aromatic rings. The second kappa shape index (κ2) is 7.32.